The van der Waals surface area contributed by atoms with Gasteiger partial charge in [-0.3, -0.25) is 14.5 Å². The highest BCUT2D eigenvalue weighted by Crippen LogP contribution is 2.47. The second-order valence-corrected chi connectivity index (χ2v) is 7.79. The number of Topliss-reactive ketones (excluding diaryl/α,β-unsaturated/α-hetero) is 1. The van der Waals surface area contributed by atoms with Crippen molar-refractivity contribution in [2.45, 2.75) is 20.8 Å². The number of amides is 1. The van der Waals surface area contributed by atoms with Crippen LogP contribution in [-0.4, -0.2) is 16.7 Å². The van der Waals surface area contributed by atoms with Gasteiger partial charge in [-0.15, -0.1) is 0 Å². The first-order chi connectivity index (χ1) is 12.9. The number of aryl methyl sites for hydroxylation is 1. The van der Waals surface area contributed by atoms with Crippen LogP contribution >= 0.6 is 0 Å². The van der Waals surface area contributed by atoms with Gasteiger partial charge < -0.3 is 0 Å². The number of para-hydroxylation sites is 1. The fourth-order valence-corrected chi connectivity index (χ4v) is 4.05. The number of hydrogen-bond donors (Lipinski definition) is 0. The summed E-state index contributed by atoms with van der Waals surface area (Å²) in [7, 11) is 0. The van der Waals surface area contributed by atoms with Crippen LogP contribution in [-0.2, 0) is 0 Å². The maximum atomic E-state index is 13.5. The summed E-state index contributed by atoms with van der Waals surface area (Å²) >= 11 is 0. The van der Waals surface area contributed by atoms with Crippen molar-refractivity contribution in [2.24, 2.45) is 5.41 Å². The van der Waals surface area contributed by atoms with E-state index < -0.39 is 5.41 Å². The Bertz CT molecular complexity index is 1200. The zero-order valence-electron chi connectivity index (χ0n) is 15.4. The largest absolute Gasteiger partial charge is 0.291 e. The van der Waals surface area contributed by atoms with E-state index in [-0.39, 0.29) is 11.7 Å². The smallest absolute Gasteiger partial charge is 0.264 e. The summed E-state index contributed by atoms with van der Waals surface area (Å²) in [4.78, 5) is 33.0. The summed E-state index contributed by atoms with van der Waals surface area (Å²) in [5, 5.41) is 0.787. The van der Waals surface area contributed by atoms with Crippen LogP contribution in [0.1, 0.15) is 45.8 Å². The molecule has 2 heterocycles. The Kier molecular flexibility index (Phi) is 3.03. The molecule has 1 aliphatic carbocycles. The second-order valence-electron chi connectivity index (χ2n) is 7.79. The lowest BCUT2D eigenvalue weighted by atomic mass is 9.78. The minimum atomic E-state index is -0.720. The van der Waals surface area contributed by atoms with E-state index in [1.165, 1.54) is 0 Å². The molecule has 0 spiro atoms. The number of allylic oxidation sites excluding steroid dienone is 1. The molecule has 1 aliphatic heterocycles. The normalized spacial score (nSPS) is 17.3. The number of pyridine rings is 1. The van der Waals surface area contributed by atoms with Gasteiger partial charge in [0, 0.05) is 22.1 Å². The third-order valence-electron chi connectivity index (χ3n) is 5.36. The Morgan fingerprint density at radius 3 is 2.52 bits per heavy atom. The predicted molar refractivity (Wildman–Crippen MR) is 106 cm³/mol. The quantitative estimate of drug-likeness (QED) is 0.633. The number of rotatable bonds is 1. The first-order valence-electron chi connectivity index (χ1n) is 9.00. The van der Waals surface area contributed by atoms with Gasteiger partial charge in [0.2, 0.25) is 0 Å². The van der Waals surface area contributed by atoms with Crippen molar-refractivity contribution in [1.29, 1.82) is 0 Å². The lowest BCUT2D eigenvalue weighted by Crippen LogP contribution is -2.30. The number of aromatic nitrogens is 1. The van der Waals surface area contributed by atoms with Gasteiger partial charge in [-0.25, -0.2) is 4.98 Å². The average Bonchev–Trinajstić information content (AvgIpc) is 2.92. The molecule has 2 aromatic carbocycles. The topological polar surface area (TPSA) is 50.3 Å². The molecule has 0 saturated heterocycles. The molecule has 0 saturated carbocycles. The summed E-state index contributed by atoms with van der Waals surface area (Å²) in [6.45, 7) is 5.75. The Balaban J connectivity index is 1.90. The monoisotopic (exact) mass is 354 g/mol. The zero-order chi connectivity index (χ0) is 18.9. The van der Waals surface area contributed by atoms with Crippen LogP contribution in [0.25, 0.3) is 16.6 Å². The SMILES string of the molecule is Cc1cccc(N2C(=O)c3c4c(nc5ccccc35)C(=O)C(C)(C)C=C42)c1. The number of carbonyl (C=O) groups is 2. The highest BCUT2D eigenvalue weighted by molar-refractivity contribution is 6.30. The van der Waals surface area contributed by atoms with Gasteiger partial charge in [0.25, 0.3) is 5.91 Å². The Morgan fingerprint density at radius 2 is 1.74 bits per heavy atom. The number of fused-ring (bicyclic) bond motifs is 2. The summed E-state index contributed by atoms with van der Waals surface area (Å²) < 4.78 is 0. The van der Waals surface area contributed by atoms with E-state index in [0.717, 1.165) is 22.3 Å². The van der Waals surface area contributed by atoms with Crippen molar-refractivity contribution in [3.8, 4) is 0 Å². The molecule has 0 atom stereocenters. The molecule has 1 amide bonds. The summed E-state index contributed by atoms with van der Waals surface area (Å²) in [5.74, 6) is -0.153. The molecular weight excluding hydrogens is 336 g/mol. The van der Waals surface area contributed by atoms with Gasteiger partial charge in [0.15, 0.2) is 5.78 Å². The first kappa shape index (κ1) is 15.9. The molecule has 1 aromatic heterocycles. The minimum Gasteiger partial charge on any atom is -0.291 e. The minimum absolute atomic E-state index is 0.0489. The van der Waals surface area contributed by atoms with E-state index in [2.05, 4.69) is 4.98 Å². The molecule has 3 aromatic rings. The molecule has 132 valence electrons. The molecule has 0 unspecified atom stereocenters. The van der Waals surface area contributed by atoms with E-state index in [0.29, 0.717) is 22.3 Å². The van der Waals surface area contributed by atoms with E-state index in [1.54, 1.807) is 4.90 Å². The highest BCUT2D eigenvalue weighted by Gasteiger charge is 2.45. The molecule has 0 N–H and O–H groups in total. The molecule has 4 heteroatoms. The highest BCUT2D eigenvalue weighted by atomic mass is 16.2. The van der Waals surface area contributed by atoms with Crippen LogP contribution in [0, 0.1) is 12.3 Å². The summed E-state index contributed by atoms with van der Waals surface area (Å²) in [6, 6.07) is 15.4. The van der Waals surface area contributed by atoms with Gasteiger partial charge in [-0.2, -0.15) is 0 Å². The molecular formula is C23H18N2O2. The molecule has 5 rings (SSSR count). The Labute approximate surface area is 157 Å². The maximum absolute atomic E-state index is 13.5. The first-order valence-corrected chi connectivity index (χ1v) is 9.00. The molecule has 0 fully saturated rings. The van der Waals surface area contributed by atoms with Crippen molar-refractivity contribution < 1.29 is 9.59 Å². The van der Waals surface area contributed by atoms with Crippen molar-refractivity contribution in [3.63, 3.8) is 0 Å². The third kappa shape index (κ3) is 2.07. The summed E-state index contributed by atoms with van der Waals surface area (Å²) in [6.07, 6.45) is 1.91. The number of benzene rings is 2. The van der Waals surface area contributed by atoms with Gasteiger partial charge in [0.05, 0.1) is 16.8 Å². The van der Waals surface area contributed by atoms with E-state index in [1.807, 2.05) is 75.4 Å². The van der Waals surface area contributed by atoms with Crippen LogP contribution in [0.4, 0.5) is 5.69 Å². The van der Waals surface area contributed by atoms with Crippen molar-refractivity contribution >= 4 is 34.0 Å². The lowest BCUT2D eigenvalue weighted by Gasteiger charge is -2.28. The summed E-state index contributed by atoms with van der Waals surface area (Å²) in [5.41, 5.74) is 4.25. The Hall–Kier alpha value is -3.27. The zero-order valence-corrected chi connectivity index (χ0v) is 15.4. The van der Waals surface area contributed by atoms with Gasteiger partial charge >= 0.3 is 0 Å². The predicted octanol–water partition coefficient (Wildman–Crippen LogP) is 4.77. The molecule has 4 nitrogen and oxygen atoms in total. The fraction of sp³-hybridized carbons (Fsp3) is 0.174. The van der Waals surface area contributed by atoms with E-state index in [9.17, 15) is 9.59 Å². The van der Waals surface area contributed by atoms with Crippen molar-refractivity contribution in [3.05, 3.63) is 77.0 Å². The number of nitrogens with zero attached hydrogens (tertiary/aromatic N) is 2. The van der Waals surface area contributed by atoms with Crippen LogP contribution in [0.3, 0.4) is 0 Å². The average molecular weight is 354 g/mol. The van der Waals surface area contributed by atoms with Crippen LogP contribution in [0.5, 0.6) is 0 Å². The lowest BCUT2D eigenvalue weighted by molar-refractivity contribution is 0.0877. The molecule has 0 bridgehead atoms. The maximum Gasteiger partial charge on any atom is 0.264 e. The number of ketones is 1. The second kappa shape index (κ2) is 5.13. The van der Waals surface area contributed by atoms with Crippen LogP contribution in [0.2, 0.25) is 0 Å². The fourth-order valence-electron chi connectivity index (χ4n) is 4.05. The van der Waals surface area contributed by atoms with Crippen molar-refractivity contribution in [1.82, 2.24) is 4.98 Å². The number of anilines is 1. The van der Waals surface area contributed by atoms with Crippen LogP contribution in [0.15, 0.2) is 54.6 Å². The van der Waals surface area contributed by atoms with E-state index in [4.69, 9.17) is 0 Å². The van der Waals surface area contributed by atoms with Crippen LogP contribution < -0.4 is 4.90 Å². The standard InChI is InChI=1S/C23H18N2O2/c1-13-7-6-8-14(11-13)25-17-12-23(2,3)21(26)20-19(17)18(22(25)27)15-9-4-5-10-16(15)24-20/h4-12H,1-3H3. The Morgan fingerprint density at radius 1 is 0.963 bits per heavy atom. The molecule has 27 heavy (non-hydrogen) atoms. The van der Waals surface area contributed by atoms with E-state index >= 15 is 0 Å². The number of hydrogen-bond acceptors (Lipinski definition) is 3. The molecule has 2 aliphatic rings. The van der Waals surface area contributed by atoms with Gasteiger partial charge in [-0.05, 0) is 50.6 Å². The van der Waals surface area contributed by atoms with Gasteiger partial charge in [-0.1, -0.05) is 30.3 Å². The molecule has 0 radical (unpaired) electrons. The third-order valence-corrected chi connectivity index (χ3v) is 5.36. The van der Waals surface area contributed by atoms with Gasteiger partial charge in [0.1, 0.15) is 5.69 Å². The van der Waals surface area contributed by atoms with Crippen molar-refractivity contribution in [2.75, 3.05) is 4.90 Å². The number of carbonyl (C=O) groups excluding carboxylic acids is 2.